The molecule has 3 rings (SSSR count). The Bertz CT molecular complexity index is 1080. The molecule has 0 saturated carbocycles. The number of carbonyl (C=O) groups excluding carboxylic acids is 1. The van der Waals surface area contributed by atoms with Gasteiger partial charge < -0.3 is 5.32 Å². The molecule has 0 bridgehead atoms. The van der Waals surface area contributed by atoms with Crippen molar-refractivity contribution in [3.05, 3.63) is 82.7 Å². The number of sulfonamides is 1. The molecule has 0 fully saturated rings. The smallest absolute Gasteiger partial charge is 0.273 e. The lowest BCUT2D eigenvalue weighted by Gasteiger charge is -2.20. The number of amides is 1. The van der Waals surface area contributed by atoms with E-state index in [1.807, 2.05) is 38.1 Å². The van der Waals surface area contributed by atoms with Crippen LogP contribution >= 0.6 is 11.3 Å². The molecule has 1 aromatic heterocycles. The van der Waals surface area contributed by atoms with Crippen LogP contribution in [0.2, 0.25) is 0 Å². The van der Waals surface area contributed by atoms with E-state index < -0.39 is 10.0 Å². The average Bonchev–Trinajstić information content (AvgIpc) is 3.28. The van der Waals surface area contributed by atoms with E-state index in [1.165, 1.54) is 22.7 Å². The van der Waals surface area contributed by atoms with E-state index in [2.05, 4.69) is 5.32 Å². The molecular weight excluding hydrogens is 404 g/mol. The molecule has 1 atom stereocenters. The quantitative estimate of drug-likeness (QED) is 0.590. The van der Waals surface area contributed by atoms with Gasteiger partial charge in [0.05, 0.1) is 11.7 Å². The molecule has 1 amide bonds. The van der Waals surface area contributed by atoms with E-state index >= 15 is 0 Å². The average molecular weight is 429 g/mol. The third-order valence-electron chi connectivity index (χ3n) is 4.88. The molecule has 3 aromatic rings. The SMILES string of the molecule is CC[C@H](NC(=O)c1ccc(N(C)S(=O)(=O)c2cccs2)cc1)c1ccccc1C. The van der Waals surface area contributed by atoms with E-state index in [9.17, 15) is 13.2 Å². The Labute approximate surface area is 176 Å². The lowest BCUT2D eigenvalue weighted by atomic mass is 9.99. The van der Waals surface area contributed by atoms with Crippen LogP contribution in [0.15, 0.2) is 70.3 Å². The van der Waals surface area contributed by atoms with E-state index in [0.29, 0.717) is 11.3 Å². The van der Waals surface area contributed by atoms with Gasteiger partial charge >= 0.3 is 0 Å². The van der Waals surface area contributed by atoms with E-state index in [-0.39, 0.29) is 16.2 Å². The molecule has 0 aliphatic rings. The summed E-state index contributed by atoms with van der Waals surface area (Å²) in [6.07, 6.45) is 0.774. The topological polar surface area (TPSA) is 66.5 Å². The summed E-state index contributed by atoms with van der Waals surface area (Å²) in [5.74, 6) is -0.185. The number of hydrogen-bond acceptors (Lipinski definition) is 4. The van der Waals surface area contributed by atoms with Gasteiger partial charge in [-0.15, -0.1) is 11.3 Å². The maximum absolute atomic E-state index is 12.7. The second kappa shape index (κ2) is 8.80. The summed E-state index contributed by atoms with van der Waals surface area (Å²) in [7, 11) is -2.08. The maximum Gasteiger partial charge on any atom is 0.273 e. The number of aryl methyl sites for hydroxylation is 1. The first-order valence-electron chi connectivity index (χ1n) is 9.33. The number of thiophene rings is 1. The van der Waals surface area contributed by atoms with E-state index in [1.54, 1.807) is 41.8 Å². The summed E-state index contributed by atoms with van der Waals surface area (Å²) in [5.41, 5.74) is 3.22. The fraction of sp³-hybridized carbons (Fsp3) is 0.227. The van der Waals surface area contributed by atoms with Gasteiger partial charge in [0.25, 0.3) is 15.9 Å². The van der Waals surface area contributed by atoms with Gasteiger partial charge in [-0.25, -0.2) is 8.42 Å². The zero-order chi connectivity index (χ0) is 21.0. The zero-order valence-electron chi connectivity index (χ0n) is 16.6. The van der Waals surface area contributed by atoms with Gasteiger partial charge in [0, 0.05) is 12.6 Å². The van der Waals surface area contributed by atoms with Gasteiger partial charge in [-0.1, -0.05) is 37.3 Å². The highest BCUT2D eigenvalue weighted by Crippen LogP contribution is 2.26. The predicted octanol–water partition coefficient (Wildman–Crippen LogP) is 4.76. The van der Waals surface area contributed by atoms with Gasteiger partial charge in [0.1, 0.15) is 4.21 Å². The number of benzene rings is 2. The number of rotatable bonds is 7. The highest BCUT2D eigenvalue weighted by molar-refractivity contribution is 7.94. The van der Waals surface area contributed by atoms with Gasteiger partial charge in [0.15, 0.2) is 0 Å². The van der Waals surface area contributed by atoms with Crippen molar-refractivity contribution >= 4 is 33.0 Å². The van der Waals surface area contributed by atoms with Crippen LogP contribution < -0.4 is 9.62 Å². The largest absolute Gasteiger partial charge is 0.345 e. The van der Waals surface area contributed by atoms with Crippen LogP contribution in [0, 0.1) is 6.92 Å². The van der Waals surface area contributed by atoms with E-state index in [4.69, 9.17) is 0 Å². The van der Waals surface area contributed by atoms with Crippen molar-refractivity contribution in [1.82, 2.24) is 5.32 Å². The summed E-state index contributed by atoms with van der Waals surface area (Å²) in [6, 6.07) is 17.8. The normalized spacial score (nSPS) is 12.4. The van der Waals surface area contributed by atoms with Crippen molar-refractivity contribution < 1.29 is 13.2 Å². The molecule has 2 aromatic carbocycles. The van der Waals surface area contributed by atoms with Crippen LogP contribution in [0.3, 0.4) is 0 Å². The minimum Gasteiger partial charge on any atom is -0.345 e. The third kappa shape index (κ3) is 4.52. The van der Waals surface area contributed by atoms with Gasteiger partial charge in [0.2, 0.25) is 0 Å². The molecule has 0 radical (unpaired) electrons. The molecule has 1 N–H and O–H groups in total. The number of nitrogens with one attached hydrogen (secondary N) is 1. The van der Waals surface area contributed by atoms with Crippen molar-refractivity contribution in [2.75, 3.05) is 11.4 Å². The Hall–Kier alpha value is -2.64. The van der Waals surface area contributed by atoms with Crippen molar-refractivity contribution in [2.45, 2.75) is 30.5 Å². The summed E-state index contributed by atoms with van der Waals surface area (Å²) >= 11 is 1.18. The molecule has 152 valence electrons. The third-order valence-corrected chi connectivity index (χ3v) is 8.04. The van der Waals surface area contributed by atoms with Crippen molar-refractivity contribution in [3.63, 3.8) is 0 Å². The Kier molecular flexibility index (Phi) is 6.39. The molecule has 7 heteroatoms. The van der Waals surface area contributed by atoms with Crippen LogP contribution in [0.4, 0.5) is 5.69 Å². The molecule has 0 aliphatic carbocycles. The maximum atomic E-state index is 12.7. The standard InChI is InChI=1S/C22H24N2O3S2/c1-4-20(19-9-6-5-8-16(19)2)23-22(25)17-11-13-18(14-12-17)24(3)29(26,27)21-10-7-15-28-21/h5-15,20H,4H2,1-3H3,(H,23,25)/t20-/m0/s1. The molecule has 5 nitrogen and oxygen atoms in total. The van der Waals surface area contributed by atoms with Crippen molar-refractivity contribution in [2.24, 2.45) is 0 Å². The van der Waals surface area contributed by atoms with Crippen LogP contribution in [0.25, 0.3) is 0 Å². The Morgan fingerprint density at radius 2 is 1.76 bits per heavy atom. The molecule has 29 heavy (non-hydrogen) atoms. The summed E-state index contributed by atoms with van der Waals surface area (Å²) in [4.78, 5) is 12.7. The first kappa shape index (κ1) is 21.1. The number of hydrogen-bond donors (Lipinski definition) is 1. The van der Waals surface area contributed by atoms with E-state index in [0.717, 1.165) is 17.5 Å². The molecule has 1 heterocycles. The minimum absolute atomic E-state index is 0.0785. The fourth-order valence-electron chi connectivity index (χ4n) is 3.13. The fourth-order valence-corrected chi connectivity index (χ4v) is 5.48. The van der Waals surface area contributed by atoms with Gasteiger partial charge in [-0.3, -0.25) is 9.10 Å². The lowest BCUT2D eigenvalue weighted by molar-refractivity contribution is 0.0935. The Morgan fingerprint density at radius 1 is 1.07 bits per heavy atom. The minimum atomic E-state index is -3.59. The molecule has 0 spiro atoms. The van der Waals surface area contributed by atoms with Gasteiger partial charge in [-0.2, -0.15) is 0 Å². The highest BCUT2D eigenvalue weighted by atomic mass is 32.2. The van der Waals surface area contributed by atoms with Crippen LogP contribution in [0.5, 0.6) is 0 Å². The molecule has 0 aliphatic heterocycles. The number of nitrogens with zero attached hydrogens (tertiary/aromatic N) is 1. The number of carbonyl (C=O) groups is 1. The molecule has 0 saturated heterocycles. The molecular formula is C22H24N2O3S2. The zero-order valence-corrected chi connectivity index (χ0v) is 18.3. The van der Waals surface area contributed by atoms with Crippen molar-refractivity contribution in [3.8, 4) is 0 Å². The second-order valence-electron chi connectivity index (χ2n) is 6.74. The highest BCUT2D eigenvalue weighted by Gasteiger charge is 2.22. The first-order valence-corrected chi connectivity index (χ1v) is 11.7. The Balaban J connectivity index is 1.76. The van der Waals surface area contributed by atoms with Crippen LogP contribution in [-0.2, 0) is 10.0 Å². The lowest BCUT2D eigenvalue weighted by Crippen LogP contribution is -2.29. The Morgan fingerprint density at radius 3 is 2.34 bits per heavy atom. The summed E-state index contributed by atoms with van der Waals surface area (Å²) in [5, 5.41) is 4.80. The molecule has 0 unspecified atom stereocenters. The van der Waals surface area contributed by atoms with Crippen LogP contribution in [0.1, 0.15) is 40.9 Å². The van der Waals surface area contributed by atoms with Crippen molar-refractivity contribution in [1.29, 1.82) is 0 Å². The van der Waals surface area contributed by atoms with Gasteiger partial charge in [-0.05, 0) is 60.2 Å². The summed E-state index contributed by atoms with van der Waals surface area (Å²) < 4.78 is 26.8. The summed E-state index contributed by atoms with van der Waals surface area (Å²) in [6.45, 7) is 4.06. The first-order chi connectivity index (χ1) is 13.8. The number of anilines is 1. The van der Waals surface area contributed by atoms with Crippen LogP contribution in [-0.4, -0.2) is 21.4 Å². The predicted molar refractivity (Wildman–Crippen MR) is 118 cm³/mol. The second-order valence-corrected chi connectivity index (χ2v) is 9.89. The monoisotopic (exact) mass is 428 g/mol.